The minimum absolute atomic E-state index is 0.0260. The molecule has 192 valence electrons. The number of benzene rings is 2. The van der Waals surface area contributed by atoms with Crippen molar-refractivity contribution in [2.45, 2.75) is 18.6 Å². The number of carbonyl (C=O) groups is 2. The van der Waals surface area contributed by atoms with Crippen LogP contribution in [0.4, 0.5) is 11.4 Å². The van der Waals surface area contributed by atoms with E-state index in [0.29, 0.717) is 23.4 Å². The topological polar surface area (TPSA) is 91.3 Å². The summed E-state index contributed by atoms with van der Waals surface area (Å²) >= 11 is 0. The molecule has 0 spiro atoms. The Labute approximate surface area is 221 Å². The zero-order valence-corrected chi connectivity index (χ0v) is 21.2. The van der Waals surface area contributed by atoms with E-state index in [1.165, 1.54) is 0 Å². The molecule has 2 aliphatic rings. The quantitative estimate of drug-likeness (QED) is 0.353. The third kappa shape index (κ3) is 4.60. The minimum Gasteiger partial charge on any atom is -0.370 e. The number of aromatic nitrogens is 2. The number of rotatable bonds is 5. The lowest BCUT2D eigenvalue weighted by atomic mass is 10.0. The number of nitrogens with one attached hydrogen (secondary N) is 3. The highest BCUT2D eigenvalue weighted by atomic mass is 16.1. The van der Waals surface area contributed by atoms with Crippen LogP contribution in [0.5, 0.6) is 0 Å². The van der Waals surface area contributed by atoms with E-state index in [9.17, 15) is 9.59 Å². The van der Waals surface area contributed by atoms with Crippen molar-refractivity contribution in [1.82, 2.24) is 19.8 Å². The zero-order valence-electron chi connectivity index (χ0n) is 21.2. The number of para-hydroxylation sites is 1. The van der Waals surface area contributed by atoms with E-state index in [0.717, 1.165) is 42.3 Å². The Balaban J connectivity index is 1.21. The summed E-state index contributed by atoms with van der Waals surface area (Å²) in [5.74, 6) is -0.243. The first-order valence-electron chi connectivity index (χ1n) is 12.9. The molecular formula is C30H30N6O2. The smallest absolute Gasteiger partial charge is 0.257 e. The van der Waals surface area contributed by atoms with Crippen molar-refractivity contribution in [3.8, 4) is 0 Å². The Morgan fingerprint density at radius 1 is 1.00 bits per heavy atom. The summed E-state index contributed by atoms with van der Waals surface area (Å²) in [6.45, 7) is 3.27. The van der Waals surface area contributed by atoms with Gasteiger partial charge < -0.3 is 20.5 Å². The van der Waals surface area contributed by atoms with Crippen molar-refractivity contribution >= 4 is 23.1 Å². The van der Waals surface area contributed by atoms with Gasteiger partial charge in [0.15, 0.2) is 5.78 Å². The van der Waals surface area contributed by atoms with Crippen molar-refractivity contribution in [2.24, 2.45) is 0 Å². The number of ketones is 1. The Kier molecular flexibility index (Phi) is 6.49. The van der Waals surface area contributed by atoms with Crippen LogP contribution in [0.3, 0.4) is 0 Å². The van der Waals surface area contributed by atoms with Gasteiger partial charge in [-0.15, -0.1) is 0 Å². The molecule has 2 aliphatic heterocycles. The average molecular weight is 507 g/mol. The fourth-order valence-corrected chi connectivity index (χ4v) is 5.31. The van der Waals surface area contributed by atoms with Crippen LogP contribution >= 0.6 is 0 Å². The number of pyridine rings is 1. The number of hydrogen-bond donors (Lipinski definition) is 3. The number of piperazine rings is 1. The second-order valence-corrected chi connectivity index (χ2v) is 9.83. The minimum atomic E-state index is -0.506. The molecule has 0 saturated carbocycles. The predicted octanol–water partition coefficient (Wildman–Crippen LogP) is 4.11. The Morgan fingerprint density at radius 3 is 2.68 bits per heavy atom. The summed E-state index contributed by atoms with van der Waals surface area (Å²) in [5, 5.41) is 9.82. The summed E-state index contributed by atoms with van der Waals surface area (Å²) in [5.41, 5.74) is 5.54. The van der Waals surface area contributed by atoms with E-state index in [-0.39, 0.29) is 17.7 Å². The van der Waals surface area contributed by atoms with E-state index >= 15 is 0 Å². The molecule has 1 fully saturated rings. The molecule has 1 amide bonds. The number of hydrogen-bond acceptors (Lipinski definition) is 6. The van der Waals surface area contributed by atoms with Crippen molar-refractivity contribution in [3.05, 3.63) is 113 Å². The molecule has 2 aromatic heterocycles. The molecule has 1 saturated heterocycles. The van der Waals surface area contributed by atoms with E-state index in [2.05, 4.69) is 43.5 Å². The van der Waals surface area contributed by atoms with Gasteiger partial charge in [0.1, 0.15) is 6.04 Å². The first-order valence-corrected chi connectivity index (χ1v) is 12.9. The molecule has 3 N–H and O–H groups in total. The van der Waals surface area contributed by atoms with Crippen LogP contribution in [0.25, 0.3) is 0 Å². The fourth-order valence-electron chi connectivity index (χ4n) is 5.31. The van der Waals surface area contributed by atoms with E-state index in [4.69, 9.17) is 0 Å². The van der Waals surface area contributed by atoms with Crippen LogP contribution in [0.1, 0.15) is 49.8 Å². The highest BCUT2D eigenvalue weighted by molar-refractivity contribution is 6.06. The number of likely N-dealkylation sites (N-methyl/N-ethyl adjacent to an activating group) is 1. The fraction of sp³-hybridized carbons (Fsp3) is 0.233. The Morgan fingerprint density at radius 2 is 1.84 bits per heavy atom. The van der Waals surface area contributed by atoms with E-state index < -0.39 is 6.04 Å². The van der Waals surface area contributed by atoms with E-state index in [1.807, 2.05) is 42.6 Å². The molecule has 4 aromatic rings. The number of carbonyl (C=O) groups excluding carboxylic acids is 2. The van der Waals surface area contributed by atoms with Crippen LogP contribution < -0.4 is 16.0 Å². The normalized spacial score (nSPS) is 19.0. The Bertz CT molecular complexity index is 1480. The van der Waals surface area contributed by atoms with Crippen molar-refractivity contribution < 1.29 is 9.59 Å². The second kappa shape index (κ2) is 10.2. The lowest BCUT2D eigenvalue weighted by Crippen LogP contribution is -2.44. The SMILES string of the molecule is CN1CCNCC1c1ncccc1C(=O)Nc1ccc(C(=O)C2Nc3ccccc3Cn3cccc32)cc1. The standard InChI is InChI=1S/C30H30N6O2/c1-35-17-15-31-18-26(35)27-23(7-4-14-32-27)30(38)33-22-12-10-20(11-13-22)29(37)28-25-9-5-16-36(25)19-21-6-2-3-8-24(21)34-28/h2-14,16,26,28,31,34H,15,17-19H2,1H3,(H,33,38). The predicted molar refractivity (Wildman–Crippen MR) is 148 cm³/mol. The summed E-state index contributed by atoms with van der Waals surface area (Å²) in [4.78, 5) is 33.7. The van der Waals surface area contributed by atoms with Gasteiger partial charge in [0.25, 0.3) is 5.91 Å². The third-order valence-electron chi connectivity index (χ3n) is 7.42. The van der Waals surface area contributed by atoms with Gasteiger partial charge in [0.05, 0.1) is 17.3 Å². The molecule has 4 heterocycles. The first-order chi connectivity index (χ1) is 18.6. The number of anilines is 2. The van der Waals surface area contributed by atoms with E-state index in [1.54, 1.807) is 36.5 Å². The summed E-state index contributed by atoms with van der Waals surface area (Å²) in [7, 11) is 2.05. The van der Waals surface area contributed by atoms with Crippen LogP contribution in [0, 0.1) is 0 Å². The molecule has 8 heteroatoms. The van der Waals surface area contributed by atoms with Crippen molar-refractivity contribution in [1.29, 1.82) is 0 Å². The maximum Gasteiger partial charge on any atom is 0.257 e. The largest absolute Gasteiger partial charge is 0.370 e. The number of Topliss-reactive ketones (excluding diaryl/α,β-unsaturated/α-hetero) is 1. The van der Waals surface area contributed by atoms with Gasteiger partial charge in [-0.05, 0) is 67.2 Å². The Hall–Kier alpha value is -4.27. The van der Waals surface area contributed by atoms with Gasteiger partial charge in [-0.1, -0.05) is 18.2 Å². The third-order valence-corrected chi connectivity index (χ3v) is 7.42. The number of nitrogens with zero attached hydrogens (tertiary/aromatic N) is 3. The van der Waals surface area contributed by atoms with Crippen LogP contribution in [-0.2, 0) is 6.54 Å². The monoisotopic (exact) mass is 506 g/mol. The van der Waals surface area contributed by atoms with Gasteiger partial charge in [-0.25, -0.2) is 0 Å². The molecule has 2 aromatic carbocycles. The molecule has 0 bridgehead atoms. The molecule has 6 rings (SSSR count). The molecular weight excluding hydrogens is 476 g/mol. The van der Waals surface area contributed by atoms with Gasteiger partial charge in [0.2, 0.25) is 0 Å². The van der Waals surface area contributed by atoms with Gasteiger partial charge >= 0.3 is 0 Å². The number of fused-ring (bicyclic) bond motifs is 2. The molecule has 2 atom stereocenters. The maximum absolute atomic E-state index is 13.6. The molecule has 2 unspecified atom stereocenters. The van der Waals surface area contributed by atoms with Crippen molar-refractivity contribution in [3.63, 3.8) is 0 Å². The van der Waals surface area contributed by atoms with Gasteiger partial charge in [-0.3, -0.25) is 19.5 Å². The van der Waals surface area contributed by atoms with Gasteiger partial charge in [-0.2, -0.15) is 0 Å². The maximum atomic E-state index is 13.6. The second-order valence-electron chi connectivity index (χ2n) is 9.83. The van der Waals surface area contributed by atoms with Crippen LogP contribution in [0.2, 0.25) is 0 Å². The highest BCUT2D eigenvalue weighted by Gasteiger charge is 2.29. The van der Waals surface area contributed by atoms with Crippen LogP contribution in [0.15, 0.2) is 85.2 Å². The molecule has 38 heavy (non-hydrogen) atoms. The summed E-state index contributed by atoms with van der Waals surface area (Å²) in [6.07, 6.45) is 3.73. The zero-order chi connectivity index (χ0) is 26.1. The summed E-state index contributed by atoms with van der Waals surface area (Å²) in [6, 6.07) is 22.2. The average Bonchev–Trinajstić information content (AvgIpc) is 3.34. The first kappa shape index (κ1) is 24.1. The van der Waals surface area contributed by atoms with Gasteiger partial charge in [0, 0.05) is 61.2 Å². The molecule has 0 aliphatic carbocycles. The highest BCUT2D eigenvalue weighted by Crippen LogP contribution is 2.31. The van der Waals surface area contributed by atoms with Crippen LogP contribution in [-0.4, -0.2) is 52.8 Å². The van der Waals surface area contributed by atoms with Crippen molar-refractivity contribution in [2.75, 3.05) is 37.3 Å². The lowest BCUT2D eigenvalue weighted by Gasteiger charge is -2.33. The molecule has 8 nitrogen and oxygen atoms in total. The number of amides is 1. The summed E-state index contributed by atoms with van der Waals surface area (Å²) < 4.78 is 2.11. The molecule has 0 radical (unpaired) electrons. The lowest BCUT2D eigenvalue weighted by molar-refractivity contribution is 0.0966.